The fraction of sp³-hybridized carbons (Fsp3) is 0.600. The second-order valence-corrected chi connectivity index (χ2v) is 5.43. The highest BCUT2D eigenvalue weighted by molar-refractivity contribution is 5.29. The minimum absolute atomic E-state index is 0.282. The van der Waals surface area contributed by atoms with Gasteiger partial charge in [-0.25, -0.2) is 0 Å². The first-order chi connectivity index (χ1) is 7.66. The van der Waals surface area contributed by atoms with E-state index in [-0.39, 0.29) is 6.10 Å². The van der Waals surface area contributed by atoms with Crippen molar-refractivity contribution in [2.24, 2.45) is 5.92 Å². The maximum atomic E-state index is 10.0. The van der Waals surface area contributed by atoms with Crippen LogP contribution in [0, 0.1) is 5.92 Å². The Morgan fingerprint density at radius 3 is 2.25 bits per heavy atom. The number of hydrogen-bond donors (Lipinski definition) is 1. The van der Waals surface area contributed by atoms with Gasteiger partial charge >= 0.3 is 0 Å². The van der Waals surface area contributed by atoms with Crippen molar-refractivity contribution in [3.63, 3.8) is 0 Å². The van der Waals surface area contributed by atoms with Crippen molar-refractivity contribution in [1.82, 2.24) is 0 Å². The summed E-state index contributed by atoms with van der Waals surface area (Å²) in [7, 11) is 0. The molecule has 1 aromatic carbocycles. The SMILES string of the molecule is CC(C)CCC(O)c1ccc(C2CC2)cc1. The lowest BCUT2D eigenvalue weighted by Crippen LogP contribution is -2.00. The molecule has 0 radical (unpaired) electrons. The summed E-state index contributed by atoms with van der Waals surface area (Å²) in [6, 6.07) is 8.56. The first-order valence-electron chi connectivity index (χ1n) is 6.44. The van der Waals surface area contributed by atoms with Crippen LogP contribution in [0.5, 0.6) is 0 Å². The van der Waals surface area contributed by atoms with Crippen LogP contribution in [0.4, 0.5) is 0 Å². The highest BCUT2D eigenvalue weighted by Gasteiger charge is 2.23. The Balaban J connectivity index is 1.92. The van der Waals surface area contributed by atoms with Gasteiger partial charge in [0.1, 0.15) is 0 Å². The predicted octanol–water partition coefficient (Wildman–Crippen LogP) is 4.03. The van der Waals surface area contributed by atoms with E-state index in [0.717, 1.165) is 24.3 Å². The summed E-state index contributed by atoms with van der Waals surface area (Å²) in [5.41, 5.74) is 2.52. The number of aliphatic hydroxyl groups excluding tert-OH is 1. The summed E-state index contributed by atoms with van der Waals surface area (Å²) in [4.78, 5) is 0. The Labute approximate surface area is 98.5 Å². The van der Waals surface area contributed by atoms with Crippen LogP contribution in [-0.4, -0.2) is 5.11 Å². The van der Waals surface area contributed by atoms with Crippen LogP contribution < -0.4 is 0 Å². The monoisotopic (exact) mass is 218 g/mol. The molecule has 1 unspecified atom stereocenters. The van der Waals surface area contributed by atoms with Crippen molar-refractivity contribution in [3.8, 4) is 0 Å². The number of hydrogen-bond acceptors (Lipinski definition) is 1. The molecule has 1 fully saturated rings. The van der Waals surface area contributed by atoms with E-state index in [4.69, 9.17) is 0 Å². The first-order valence-corrected chi connectivity index (χ1v) is 6.44. The van der Waals surface area contributed by atoms with Gasteiger partial charge in [0.2, 0.25) is 0 Å². The molecule has 1 aliphatic rings. The summed E-state index contributed by atoms with van der Waals surface area (Å²) in [6.07, 6.45) is 4.37. The summed E-state index contributed by atoms with van der Waals surface area (Å²) < 4.78 is 0. The van der Waals surface area contributed by atoms with E-state index in [0.29, 0.717) is 5.92 Å². The van der Waals surface area contributed by atoms with E-state index in [2.05, 4.69) is 38.1 Å². The molecule has 1 aliphatic carbocycles. The van der Waals surface area contributed by atoms with Crippen molar-refractivity contribution in [2.75, 3.05) is 0 Å². The molecule has 0 spiro atoms. The average molecular weight is 218 g/mol. The summed E-state index contributed by atoms with van der Waals surface area (Å²) in [6.45, 7) is 4.39. The quantitative estimate of drug-likeness (QED) is 0.791. The van der Waals surface area contributed by atoms with Gasteiger partial charge in [0.15, 0.2) is 0 Å². The lowest BCUT2D eigenvalue weighted by molar-refractivity contribution is 0.159. The fourth-order valence-corrected chi connectivity index (χ4v) is 2.06. The molecule has 1 atom stereocenters. The van der Waals surface area contributed by atoms with Gasteiger partial charge in [-0.1, -0.05) is 38.1 Å². The molecule has 1 N–H and O–H groups in total. The lowest BCUT2D eigenvalue weighted by Gasteiger charge is -2.13. The minimum Gasteiger partial charge on any atom is -0.388 e. The zero-order valence-electron chi connectivity index (χ0n) is 10.3. The standard InChI is InChI=1S/C15H22O/c1-11(2)3-10-15(16)14-8-6-13(7-9-14)12-4-5-12/h6-9,11-12,15-16H,3-5,10H2,1-2H3. The Morgan fingerprint density at radius 1 is 1.12 bits per heavy atom. The van der Waals surface area contributed by atoms with Gasteiger partial charge < -0.3 is 5.11 Å². The molecule has 0 heterocycles. The van der Waals surface area contributed by atoms with Crippen LogP contribution in [0.15, 0.2) is 24.3 Å². The maximum absolute atomic E-state index is 10.0. The van der Waals surface area contributed by atoms with Crippen molar-refractivity contribution in [1.29, 1.82) is 0 Å². The normalized spacial score (nSPS) is 17.8. The van der Waals surface area contributed by atoms with Gasteiger partial charge in [0.25, 0.3) is 0 Å². The van der Waals surface area contributed by atoms with Crippen molar-refractivity contribution >= 4 is 0 Å². The van der Waals surface area contributed by atoms with Crippen LogP contribution in [0.25, 0.3) is 0 Å². The average Bonchev–Trinajstić information content (AvgIpc) is 3.10. The molecule has 0 bridgehead atoms. The van der Waals surface area contributed by atoms with Crippen LogP contribution >= 0.6 is 0 Å². The second kappa shape index (κ2) is 5.01. The van der Waals surface area contributed by atoms with Gasteiger partial charge in [0.05, 0.1) is 6.10 Å². The van der Waals surface area contributed by atoms with Crippen molar-refractivity contribution in [3.05, 3.63) is 35.4 Å². The molecule has 2 rings (SSSR count). The summed E-state index contributed by atoms with van der Waals surface area (Å²) in [5.74, 6) is 1.47. The van der Waals surface area contributed by atoms with Gasteiger partial charge in [-0.2, -0.15) is 0 Å². The van der Waals surface area contributed by atoms with Crippen LogP contribution in [0.3, 0.4) is 0 Å². The predicted molar refractivity (Wildman–Crippen MR) is 67.4 cm³/mol. The Morgan fingerprint density at radius 2 is 1.75 bits per heavy atom. The molecule has 0 aliphatic heterocycles. The molecule has 88 valence electrons. The number of rotatable bonds is 5. The largest absolute Gasteiger partial charge is 0.388 e. The van der Waals surface area contributed by atoms with Gasteiger partial charge in [-0.15, -0.1) is 0 Å². The molecule has 0 saturated heterocycles. The Bertz CT molecular complexity index is 322. The molecule has 1 heteroatoms. The Kier molecular flexibility index (Phi) is 3.65. The van der Waals surface area contributed by atoms with E-state index in [1.165, 1.54) is 18.4 Å². The topological polar surface area (TPSA) is 20.2 Å². The van der Waals surface area contributed by atoms with E-state index in [1.54, 1.807) is 0 Å². The smallest absolute Gasteiger partial charge is 0.0790 e. The summed E-state index contributed by atoms with van der Waals surface area (Å²) >= 11 is 0. The molecule has 1 aromatic rings. The number of benzene rings is 1. The molecule has 0 amide bonds. The van der Waals surface area contributed by atoms with E-state index in [9.17, 15) is 5.11 Å². The highest BCUT2D eigenvalue weighted by atomic mass is 16.3. The first kappa shape index (κ1) is 11.7. The molecule has 1 nitrogen and oxygen atoms in total. The zero-order chi connectivity index (χ0) is 11.5. The van der Waals surface area contributed by atoms with Crippen LogP contribution in [0.1, 0.15) is 62.7 Å². The molecular weight excluding hydrogens is 196 g/mol. The molecule has 0 aromatic heterocycles. The maximum Gasteiger partial charge on any atom is 0.0790 e. The molecule has 1 saturated carbocycles. The third-order valence-corrected chi connectivity index (χ3v) is 3.39. The van der Waals surface area contributed by atoms with E-state index in [1.807, 2.05) is 0 Å². The van der Waals surface area contributed by atoms with E-state index >= 15 is 0 Å². The zero-order valence-corrected chi connectivity index (χ0v) is 10.3. The third-order valence-electron chi connectivity index (χ3n) is 3.39. The third kappa shape index (κ3) is 3.08. The Hall–Kier alpha value is -0.820. The fourth-order valence-electron chi connectivity index (χ4n) is 2.06. The summed E-state index contributed by atoms with van der Waals surface area (Å²) in [5, 5.41) is 10.0. The van der Waals surface area contributed by atoms with Gasteiger partial charge in [-0.3, -0.25) is 0 Å². The van der Waals surface area contributed by atoms with E-state index < -0.39 is 0 Å². The molecule has 16 heavy (non-hydrogen) atoms. The lowest BCUT2D eigenvalue weighted by atomic mass is 9.98. The number of aliphatic hydroxyl groups is 1. The van der Waals surface area contributed by atoms with Crippen LogP contribution in [-0.2, 0) is 0 Å². The second-order valence-electron chi connectivity index (χ2n) is 5.43. The van der Waals surface area contributed by atoms with Crippen molar-refractivity contribution < 1.29 is 5.11 Å². The highest BCUT2D eigenvalue weighted by Crippen LogP contribution is 2.40. The molecular formula is C15H22O. The minimum atomic E-state index is -0.282. The van der Waals surface area contributed by atoms with Gasteiger partial charge in [0, 0.05) is 0 Å². The van der Waals surface area contributed by atoms with Gasteiger partial charge in [-0.05, 0) is 48.6 Å². The van der Waals surface area contributed by atoms with Crippen LogP contribution in [0.2, 0.25) is 0 Å². The van der Waals surface area contributed by atoms with Crippen molar-refractivity contribution in [2.45, 2.75) is 51.6 Å².